The van der Waals surface area contributed by atoms with Gasteiger partial charge in [0.15, 0.2) is 0 Å². The number of hydrogen-bond acceptors (Lipinski definition) is 3. The van der Waals surface area contributed by atoms with Crippen LogP contribution in [0, 0.1) is 0 Å². The van der Waals surface area contributed by atoms with E-state index in [2.05, 4.69) is 4.12 Å². The molecule has 5 heavy (non-hydrogen) atoms. The number of hydrogen-bond donors (Lipinski definition) is 2. The zero-order chi connectivity index (χ0) is 3.41. The summed E-state index contributed by atoms with van der Waals surface area (Å²) in [4.78, 5) is 0. The van der Waals surface area contributed by atoms with Crippen LogP contribution in [0.15, 0.2) is 0 Å². The molecule has 0 saturated heterocycles. The van der Waals surface area contributed by atoms with Gasteiger partial charge in [0.2, 0.25) is 9.92 Å². The van der Waals surface area contributed by atoms with E-state index >= 15 is 0 Å². The molecule has 0 radical (unpaired) electrons. The van der Waals surface area contributed by atoms with E-state index in [-0.39, 0.29) is 6.15 Å². The van der Waals surface area contributed by atoms with Crippen molar-refractivity contribution in [3.63, 3.8) is 0 Å². The minimum absolute atomic E-state index is 0. The van der Waals surface area contributed by atoms with Crippen LogP contribution >= 0.6 is 0 Å². The Kier molecular flexibility index (Phi) is 15.9. The largest absolute Gasteiger partial charge is 0.457 e. The van der Waals surface area contributed by atoms with Crippen LogP contribution in [0.25, 0.3) is 0 Å². The van der Waals surface area contributed by atoms with Gasteiger partial charge >= 0.3 is 0 Å². The van der Waals surface area contributed by atoms with Gasteiger partial charge in [-0.15, -0.1) is 0 Å². The smallest absolute Gasteiger partial charge is 0.221 e. The first-order valence-corrected chi connectivity index (χ1v) is 3.32. The Bertz CT molecular complexity index is 9.61. The van der Waals surface area contributed by atoms with Crippen LogP contribution < -0.4 is 11.5 Å². The molecule has 3 nitrogen and oxygen atoms in total. The molecule has 0 unspecified atom stereocenters. The molecule has 0 bridgehead atoms. The highest BCUT2D eigenvalue weighted by Crippen LogP contribution is 1.31. The van der Waals surface area contributed by atoms with Crippen molar-refractivity contribution in [1.29, 1.82) is 0 Å². The number of nitrogens with two attached hydrogens (primary N) is 1. The zero-order valence-corrected chi connectivity index (χ0v) is 6.81. The highest BCUT2D eigenvalue weighted by atomic mass is 28.3. The highest BCUT2D eigenvalue weighted by molar-refractivity contribution is 6.30. The molecular weight excluding hydrogens is 100 g/mol. The van der Waals surface area contributed by atoms with Gasteiger partial charge in [-0.25, -0.2) is 0 Å². The molecule has 0 spiro atoms. The van der Waals surface area contributed by atoms with Crippen LogP contribution in [0.4, 0.5) is 0 Å². The van der Waals surface area contributed by atoms with Crippen molar-refractivity contribution in [2.75, 3.05) is 0 Å². The van der Waals surface area contributed by atoms with Gasteiger partial charge < -0.3 is 15.7 Å². The quantitative estimate of drug-likeness (QED) is 0.364. The summed E-state index contributed by atoms with van der Waals surface area (Å²) in [6, 6.07) is 0. The standard InChI is InChI=1S/H7NOSi2.H3N/c1-4-2-3;/h1,4H2,3H3;1H3. The van der Waals surface area contributed by atoms with Crippen LogP contribution in [0.1, 0.15) is 0 Å². The molecule has 0 saturated carbocycles. The highest BCUT2D eigenvalue weighted by Gasteiger charge is 1.54. The molecule has 0 aromatic carbocycles. The molecular formula is H10N2OSi2. The van der Waals surface area contributed by atoms with Gasteiger partial charge in [0.1, 0.15) is 10.5 Å². The molecule has 0 fully saturated rings. The lowest BCUT2D eigenvalue weighted by atomic mass is 13.9. The molecule has 34 valence electrons. The summed E-state index contributed by atoms with van der Waals surface area (Å²) in [5, 5.41) is 4.98. The Hall–Kier alpha value is 0.314. The first kappa shape index (κ1) is 9.00. The maximum atomic E-state index is 4.98. The molecule has 0 aliphatic rings. The van der Waals surface area contributed by atoms with Gasteiger partial charge in [0.25, 0.3) is 0 Å². The van der Waals surface area contributed by atoms with Crippen molar-refractivity contribution in [2.24, 2.45) is 5.40 Å². The predicted molar refractivity (Wildman–Crippen MR) is 28.8 cm³/mol. The van der Waals surface area contributed by atoms with Crippen molar-refractivity contribution >= 4 is 20.4 Å². The van der Waals surface area contributed by atoms with E-state index in [1.54, 1.807) is 0 Å². The summed E-state index contributed by atoms with van der Waals surface area (Å²) in [6.45, 7) is 0. The Morgan fingerprint density at radius 1 is 1.80 bits per heavy atom. The van der Waals surface area contributed by atoms with Gasteiger partial charge in [-0.1, -0.05) is 0 Å². The molecule has 0 atom stereocenters. The van der Waals surface area contributed by atoms with E-state index in [4.69, 9.17) is 5.40 Å². The molecule has 0 heterocycles. The first-order chi connectivity index (χ1) is 1.91. The van der Waals surface area contributed by atoms with Crippen LogP contribution in [-0.2, 0) is 4.12 Å². The van der Waals surface area contributed by atoms with Crippen molar-refractivity contribution in [1.82, 2.24) is 6.15 Å². The van der Waals surface area contributed by atoms with E-state index in [1.807, 2.05) is 0 Å². The molecule has 0 aromatic rings. The summed E-state index contributed by atoms with van der Waals surface area (Å²) in [5.74, 6) is 0. The summed E-state index contributed by atoms with van der Waals surface area (Å²) in [6.07, 6.45) is 0. The summed E-state index contributed by atoms with van der Waals surface area (Å²) >= 11 is 0. The second-order valence-electron chi connectivity index (χ2n) is 0.455. The minimum Gasteiger partial charge on any atom is -0.457 e. The van der Waals surface area contributed by atoms with E-state index in [9.17, 15) is 0 Å². The van der Waals surface area contributed by atoms with E-state index in [1.165, 1.54) is 0 Å². The fourth-order valence-corrected chi connectivity index (χ4v) is 0. The maximum absolute atomic E-state index is 4.98. The lowest BCUT2D eigenvalue weighted by Gasteiger charge is -1.76. The lowest BCUT2D eigenvalue weighted by molar-refractivity contribution is 0.665. The third kappa shape index (κ3) is 13.4. The van der Waals surface area contributed by atoms with Crippen LogP contribution in [-0.4, -0.2) is 20.4 Å². The lowest BCUT2D eigenvalue weighted by Crippen LogP contribution is -2.06. The molecule has 0 amide bonds. The van der Waals surface area contributed by atoms with Gasteiger partial charge in [-0.2, -0.15) is 0 Å². The second kappa shape index (κ2) is 8.85. The summed E-state index contributed by atoms with van der Waals surface area (Å²) in [5.41, 5.74) is 0. The van der Waals surface area contributed by atoms with Gasteiger partial charge in [0, 0.05) is 0 Å². The third-order valence-corrected chi connectivity index (χ3v) is 1.50. The first-order valence-electron chi connectivity index (χ1n) is 1.11. The summed E-state index contributed by atoms with van der Waals surface area (Å²) in [7, 11) is 0.313. The molecule has 0 aromatic heterocycles. The van der Waals surface area contributed by atoms with Gasteiger partial charge in [-0.3, -0.25) is 0 Å². The monoisotopic (exact) mass is 110 g/mol. The Balaban J connectivity index is 0. The van der Waals surface area contributed by atoms with Crippen molar-refractivity contribution < 1.29 is 4.12 Å². The molecule has 5 N–H and O–H groups in total. The molecule has 0 aliphatic heterocycles. The number of rotatable bonds is 1. The summed E-state index contributed by atoms with van der Waals surface area (Å²) < 4.78 is 4.60. The fourth-order valence-electron chi connectivity index (χ4n) is 0. The maximum Gasteiger partial charge on any atom is 0.221 e. The Labute approximate surface area is 37.0 Å². The Morgan fingerprint density at radius 3 is 2.00 bits per heavy atom. The second-order valence-corrected chi connectivity index (χ2v) is 3.10. The fraction of sp³-hybridized carbons (Fsp3) is 0. The predicted octanol–water partition coefficient (Wildman–Crippen LogP) is -2.60. The van der Waals surface area contributed by atoms with Gasteiger partial charge in [0.05, 0.1) is 0 Å². The molecule has 5 heteroatoms. The zero-order valence-electron chi connectivity index (χ0n) is 3.40. The minimum atomic E-state index is -0.514. The topological polar surface area (TPSA) is 70.2 Å². The van der Waals surface area contributed by atoms with Crippen molar-refractivity contribution in [3.8, 4) is 0 Å². The van der Waals surface area contributed by atoms with Crippen molar-refractivity contribution in [3.05, 3.63) is 0 Å². The van der Waals surface area contributed by atoms with Crippen LogP contribution in [0.3, 0.4) is 0 Å². The average molecular weight is 110 g/mol. The van der Waals surface area contributed by atoms with E-state index < -0.39 is 9.92 Å². The SMILES string of the molecule is N.N[SiH2]O[SiH3]. The molecule has 0 rings (SSSR count). The molecule has 0 aliphatic carbocycles. The van der Waals surface area contributed by atoms with Crippen LogP contribution in [0.5, 0.6) is 0 Å². The normalized spacial score (nSPS) is 9.00. The third-order valence-electron chi connectivity index (χ3n) is 0.167. The van der Waals surface area contributed by atoms with Crippen LogP contribution in [0.2, 0.25) is 0 Å². The van der Waals surface area contributed by atoms with Crippen molar-refractivity contribution in [2.45, 2.75) is 0 Å². The van der Waals surface area contributed by atoms with Gasteiger partial charge in [-0.05, 0) is 0 Å². The Morgan fingerprint density at radius 2 is 2.00 bits per heavy atom. The van der Waals surface area contributed by atoms with E-state index in [0.29, 0.717) is 0 Å². The average Bonchev–Trinajstić information content (AvgIpc) is 1.37. The van der Waals surface area contributed by atoms with E-state index in [0.717, 1.165) is 10.5 Å².